The third-order valence-electron chi connectivity index (χ3n) is 5.17. The van der Waals surface area contributed by atoms with E-state index in [1.807, 2.05) is 72.8 Å². The first-order valence-electron chi connectivity index (χ1n) is 9.89. The normalized spacial score (nSPS) is 14.9. The summed E-state index contributed by atoms with van der Waals surface area (Å²) in [6.07, 6.45) is 1.86. The van der Waals surface area contributed by atoms with Crippen molar-refractivity contribution >= 4 is 17.6 Å². The van der Waals surface area contributed by atoms with Gasteiger partial charge in [-0.15, -0.1) is 0 Å². The lowest BCUT2D eigenvalue weighted by Gasteiger charge is -2.10. The summed E-state index contributed by atoms with van der Waals surface area (Å²) < 4.78 is 5.34. The number of aryl methyl sites for hydroxylation is 1. The van der Waals surface area contributed by atoms with Crippen LogP contribution in [-0.4, -0.2) is 11.9 Å². The second-order valence-electron chi connectivity index (χ2n) is 7.25. The van der Waals surface area contributed by atoms with Gasteiger partial charge in [-0.25, -0.2) is 0 Å². The highest BCUT2D eigenvalue weighted by Crippen LogP contribution is 2.37. The van der Waals surface area contributed by atoms with Crippen LogP contribution in [0.25, 0.3) is 0 Å². The van der Waals surface area contributed by atoms with Gasteiger partial charge in [-0.2, -0.15) is 0 Å². The second-order valence-corrected chi connectivity index (χ2v) is 7.25. The van der Waals surface area contributed by atoms with E-state index in [9.17, 15) is 9.59 Å². The summed E-state index contributed by atoms with van der Waals surface area (Å²) in [6.45, 7) is 0.311. The van der Waals surface area contributed by atoms with Crippen LogP contribution in [-0.2, 0) is 27.4 Å². The second kappa shape index (κ2) is 8.74. The van der Waals surface area contributed by atoms with Crippen molar-refractivity contribution in [1.29, 1.82) is 0 Å². The molecule has 1 unspecified atom stereocenters. The maximum Gasteiger partial charge on any atom is 0.306 e. The predicted molar refractivity (Wildman–Crippen MR) is 113 cm³/mol. The molecule has 4 rings (SSSR count). The molecule has 1 atom stereocenters. The standard InChI is InChI=1S/C25H23NO3/c27-23(29-17-19-8-3-1-4-9-19)13-7-10-18-14-15-22-21(16-18)24(25(28)26-22)20-11-5-2-6-12-20/h1-6,8-9,11-12,14-16,24H,7,10,13,17H2,(H,26,28). The van der Waals surface area contributed by atoms with Crippen molar-refractivity contribution in [3.8, 4) is 0 Å². The SMILES string of the molecule is O=C(CCCc1ccc2c(c1)C(c1ccccc1)C(=O)N2)OCc1ccccc1. The first-order valence-corrected chi connectivity index (χ1v) is 9.89. The number of carbonyl (C=O) groups is 2. The van der Waals surface area contributed by atoms with E-state index >= 15 is 0 Å². The smallest absolute Gasteiger partial charge is 0.306 e. The molecule has 0 saturated carbocycles. The van der Waals surface area contributed by atoms with E-state index in [1.165, 1.54) is 0 Å². The fourth-order valence-corrected chi connectivity index (χ4v) is 3.69. The Labute approximate surface area is 170 Å². The number of benzene rings is 3. The highest BCUT2D eigenvalue weighted by Gasteiger charge is 2.31. The van der Waals surface area contributed by atoms with Crippen molar-refractivity contribution in [2.75, 3.05) is 5.32 Å². The largest absolute Gasteiger partial charge is 0.461 e. The van der Waals surface area contributed by atoms with Gasteiger partial charge in [0.05, 0.1) is 5.92 Å². The summed E-state index contributed by atoms with van der Waals surface area (Å²) in [6, 6.07) is 25.5. The van der Waals surface area contributed by atoms with Gasteiger partial charge < -0.3 is 10.1 Å². The number of amides is 1. The van der Waals surface area contributed by atoms with Crippen LogP contribution in [0.1, 0.15) is 41.0 Å². The lowest BCUT2D eigenvalue weighted by molar-refractivity contribution is -0.145. The molecule has 0 aromatic heterocycles. The minimum absolute atomic E-state index is 0.00726. The van der Waals surface area contributed by atoms with Crippen LogP contribution in [0.5, 0.6) is 0 Å². The van der Waals surface area contributed by atoms with Crippen molar-refractivity contribution in [3.63, 3.8) is 0 Å². The summed E-state index contributed by atoms with van der Waals surface area (Å²) in [5.41, 5.74) is 4.98. The van der Waals surface area contributed by atoms with Crippen LogP contribution in [0.3, 0.4) is 0 Å². The summed E-state index contributed by atoms with van der Waals surface area (Å²) in [7, 11) is 0. The van der Waals surface area contributed by atoms with Crippen molar-refractivity contribution < 1.29 is 14.3 Å². The third-order valence-corrected chi connectivity index (χ3v) is 5.17. The Hall–Kier alpha value is -3.40. The van der Waals surface area contributed by atoms with Crippen molar-refractivity contribution in [2.24, 2.45) is 0 Å². The van der Waals surface area contributed by atoms with Crippen LogP contribution < -0.4 is 5.32 Å². The number of esters is 1. The maximum absolute atomic E-state index is 12.5. The van der Waals surface area contributed by atoms with Gasteiger partial charge in [-0.1, -0.05) is 72.8 Å². The number of ether oxygens (including phenoxy) is 1. The zero-order chi connectivity index (χ0) is 20.1. The van der Waals surface area contributed by atoms with Gasteiger partial charge in [0.25, 0.3) is 0 Å². The average molecular weight is 385 g/mol. The molecule has 0 radical (unpaired) electrons. The fourth-order valence-electron chi connectivity index (χ4n) is 3.69. The molecule has 1 aliphatic heterocycles. The monoisotopic (exact) mass is 385 g/mol. The Balaban J connectivity index is 1.34. The fraction of sp³-hybridized carbons (Fsp3) is 0.200. The molecule has 4 nitrogen and oxygen atoms in total. The van der Waals surface area contributed by atoms with Gasteiger partial charge in [-0.3, -0.25) is 9.59 Å². The van der Waals surface area contributed by atoms with E-state index in [0.717, 1.165) is 34.4 Å². The highest BCUT2D eigenvalue weighted by atomic mass is 16.5. The lowest BCUT2D eigenvalue weighted by Crippen LogP contribution is -2.12. The third kappa shape index (κ3) is 4.54. The number of rotatable bonds is 7. The number of anilines is 1. The van der Waals surface area contributed by atoms with E-state index in [1.54, 1.807) is 0 Å². The molecular weight excluding hydrogens is 362 g/mol. The molecule has 0 saturated heterocycles. The lowest BCUT2D eigenvalue weighted by atomic mass is 9.91. The molecule has 146 valence electrons. The van der Waals surface area contributed by atoms with E-state index in [4.69, 9.17) is 4.74 Å². The summed E-state index contributed by atoms with van der Waals surface area (Å²) in [4.78, 5) is 24.5. The first-order chi connectivity index (χ1) is 14.2. The Kier molecular flexibility index (Phi) is 5.71. The molecular formula is C25H23NO3. The van der Waals surface area contributed by atoms with Gasteiger partial charge in [0.15, 0.2) is 0 Å². The molecule has 29 heavy (non-hydrogen) atoms. The molecule has 1 N–H and O–H groups in total. The Morgan fingerprint density at radius 3 is 2.38 bits per heavy atom. The molecule has 0 aliphatic carbocycles. The number of nitrogens with one attached hydrogen (secondary N) is 1. The van der Waals surface area contributed by atoms with Gasteiger partial charge in [0.2, 0.25) is 5.91 Å². The number of hydrogen-bond donors (Lipinski definition) is 1. The zero-order valence-corrected chi connectivity index (χ0v) is 16.1. The molecule has 0 fully saturated rings. The summed E-state index contributed by atoms with van der Waals surface area (Å²) in [5.74, 6) is -0.455. The average Bonchev–Trinajstić information content (AvgIpc) is 3.08. The number of hydrogen-bond acceptors (Lipinski definition) is 3. The van der Waals surface area contributed by atoms with Crippen LogP contribution >= 0.6 is 0 Å². The summed E-state index contributed by atoms with van der Waals surface area (Å²) in [5, 5.41) is 2.97. The van der Waals surface area contributed by atoms with Gasteiger partial charge in [-0.05, 0) is 41.2 Å². The van der Waals surface area contributed by atoms with E-state index in [2.05, 4.69) is 11.4 Å². The molecule has 1 heterocycles. The van der Waals surface area contributed by atoms with Crippen LogP contribution in [0, 0.1) is 0 Å². The van der Waals surface area contributed by atoms with Crippen molar-refractivity contribution in [2.45, 2.75) is 31.8 Å². The maximum atomic E-state index is 12.5. The molecule has 0 bridgehead atoms. The Bertz CT molecular complexity index is 999. The Morgan fingerprint density at radius 2 is 1.62 bits per heavy atom. The molecule has 3 aromatic carbocycles. The van der Waals surface area contributed by atoms with Gasteiger partial charge in [0, 0.05) is 12.1 Å². The molecule has 1 aliphatic rings. The van der Waals surface area contributed by atoms with E-state index in [0.29, 0.717) is 19.4 Å². The van der Waals surface area contributed by atoms with Crippen molar-refractivity contribution in [1.82, 2.24) is 0 Å². The Morgan fingerprint density at radius 1 is 0.897 bits per heavy atom. The van der Waals surface area contributed by atoms with Crippen molar-refractivity contribution in [3.05, 3.63) is 101 Å². The predicted octanol–water partition coefficient (Wildman–Crippen LogP) is 4.84. The van der Waals surface area contributed by atoms with E-state index in [-0.39, 0.29) is 17.8 Å². The molecule has 4 heteroatoms. The van der Waals surface area contributed by atoms with Crippen LogP contribution in [0.15, 0.2) is 78.9 Å². The highest BCUT2D eigenvalue weighted by molar-refractivity contribution is 6.05. The molecule has 1 amide bonds. The quantitative estimate of drug-likeness (QED) is 0.592. The first kappa shape index (κ1) is 18.9. The molecule has 0 spiro atoms. The van der Waals surface area contributed by atoms with Gasteiger partial charge in [0.1, 0.15) is 6.61 Å². The zero-order valence-electron chi connectivity index (χ0n) is 16.1. The summed E-state index contributed by atoms with van der Waals surface area (Å²) >= 11 is 0. The minimum atomic E-state index is -0.276. The van der Waals surface area contributed by atoms with Crippen LogP contribution in [0.4, 0.5) is 5.69 Å². The van der Waals surface area contributed by atoms with E-state index < -0.39 is 0 Å². The minimum Gasteiger partial charge on any atom is -0.461 e. The molecule has 3 aromatic rings. The van der Waals surface area contributed by atoms with Crippen LogP contribution in [0.2, 0.25) is 0 Å². The number of carbonyl (C=O) groups excluding carboxylic acids is 2. The van der Waals surface area contributed by atoms with Gasteiger partial charge >= 0.3 is 5.97 Å². The number of fused-ring (bicyclic) bond motifs is 1. The topological polar surface area (TPSA) is 55.4 Å².